The van der Waals surface area contributed by atoms with Gasteiger partial charge in [-0.05, 0) is 44.9 Å². The Morgan fingerprint density at radius 1 is 1.00 bits per heavy atom. The van der Waals surface area contributed by atoms with Gasteiger partial charge in [-0.25, -0.2) is 8.42 Å². The lowest BCUT2D eigenvalue weighted by Crippen LogP contribution is -3.16. The number of nitrogens with one attached hydrogen (secondary N) is 1. The van der Waals surface area contributed by atoms with E-state index in [1.165, 1.54) is 83.7 Å². The Bertz CT molecular complexity index is 336. The van der Waals surface area contributed by atoms with Crippen molar-refractivity contribution in [1.82, 2.24) is 0 Å². The zero-order chi connectivity index (χ0) is 16.8. The van der Waals surface area contributed by atoms with Crippen molar-refractivity contribution >= 4 is 10.1 Å². The van der Waals surface area contributed by atoms with Crippen LogP contribution in [-0.2, 0) is 10.1 Å². The second-order valence-corrected chi connectivity index (χ2v) is 8.02. The van der Waals surface area contributed by atoms with Gasteiger partial charge < -0.3 is 9.45 Å². The number of hydrogen-bond acceptors (Lipinski definition) is 3. The van der Waals surface area contributed by atoms with Gasteiger partial charge in [-0.15, -0.1) is 0 Å². The molecule has 0 saturated carbocycles. The first-order valence-corrected chi connectivity index (χ1v) is 11.0. The minimum absolute atomic E-state index is 0.604. The van der Waals surface area contributed by atoms with Gasteiger partial charge in [-0.1, -0.05) is 39.5 Å². The summed E-state index contributed by atoms with van der Waals surface area (Å²) in [6, 6.07) is 1.01. The normalized spacial score (nSPS) is 22.0. The maximum Gasteiger partial charge on any atom is 0.0916 e. The molecule has 1 N–H and O–H groups in total. The van der Waals surface area contributed by atoms with Gasteiger partial charge in [0, 0.05) is 6.26 Å². The van der Waals surface area contributed by atoms with Crippen LogP contribution >= 0.6 is 0 Å². The lowest BCUT2D eigenvalue weighted by atomic mass is 9.97. The lowest BCUT2D eigenvalue weighted by Gasteiger charge is -2.32. The molecule has 0 bridgehead atoms. The molecule has 1 rings (SSSR count). The van der Waals surface area contributed by atoms with E-state index in [1.807, 2.05) is 4.90 Å². The molecule has 5 heteroatoms. The summed E-state index contributed by atoms with van der Waals surface area (Å²) in [7, 11) is -3.92. The van der Waals surface area contributed by atoms with E-state index in [9.17, 15) is 0 Å². The first-order chi connectivity index (χ1) is 10.4. The van der Waals surface area contributed by atoms with Gasteiger partial charge in [0.05, 0.1) is 29.2 Å². The van der Waals surface area contributed by atoms with Crippen LogP contribution in [-0.4, -0.2) is 38.4 Å². The van der Waals surface area contributed by atoms with Crippen LogP contribution < -0.4 is 4.90 Å². The third-order valence-corrected chi connectivity index (χ3v) is 4.39. The van der Waals surface area contributed by atoms with E-state index < -0.39 is 10.1 Å². The van der Waals surface area contributed by atoms with Crippen LogP contribution in [0.25, 0.3) is 0 Å². The standard InChI is InChI=1S/C16H33N.CH4O3S/c1-3-5-7-8-10-14-17-15-11-9-13-16(17)12-6-4-2;1-5(2,3)4/h16H,3-15H2,1-2H3;1H3,(H,2,3,4). The summed E-state index contributed by atoms with van der Waals surface area (Å²) in [6.07, 6.45) is 16.6. The number of quaternary nitrogens is 1. The van der Waals surface area contributed by atoms with Crippen LogP contribution in [0.4, 0.5) is 0 Å². The minimum Gasteiger partial charge on any atom is -0.748 e. The van der Waals surface area contributed by atoms with Crippen molar-refractivity contribution in [1.29, 1.82) is 0 Å². The van der Waals surface area contributed by atoms with Crippen molar-refractivity contribution in [2.45, 2.75) is 90.5 Å². The molecular formula is C17H37NO3S. The molecule has 1 saturated heterocycles. The largest absolute Gasteiger partial charge is 0.748 e. The van der Waals surface area contributed by atoms with Crippen molar-refractivity contribution in [2.75, 3.05) is 19.3 Å². The Labute approximate surface area is 138 Å². The Morgan fingerprint density at radius 2 is 1.59 bits per heavy atom. The van der Waals surface area contributed by atoms with Gasteiger partial charge in [0.1, 0.15) is 0 Å². The highest BCUT2D eigenvalue weighted by Gasteiger charge is 2.24. The molecule has 2 atom stereocenters. The SMILES string of the molecule is CCCCCCC[NH+]1CCCCC1CCCC.CS(=O)(=O)[O-]. The fourth-order valence-electron chi connectivity index (χ4n) is 3.23. The minimum atomic E-state index is -3.92. The summed E-state index contributed by atoms with van der Waals surface area (Å²) in [6.45, 7) is 7.55. The molecule has 0 aliphatic carbocycles. The Kier molecular flexibility index (Phi) is 13.2. The summed E-state index contributed by atoms with van der Waals surface area (Å²) < 4.78 is 27.2. The van der Waals surface area contributed by atoms with Gasteiger partial charge >= 0.3 is 0 Å². The highest BCUT2D eigenvalue weighted by Crippen LogP contribution is 2.10. The number of piperidine rings is 1. The van der Waals surface area contributed by atoms with Gasteiger partial charge in [0.15, 0.2) is 0 Å². The topological polar surface area (TPSA) is 61.6 Å². The van der Waals surface area contributed by atoms with Crippen LogP contribution in [0.15, 0.2) is 0 Å². The summed E-state index contributed by atoms with van der Waals surface area (Å²) in [5.74, 6) is 0. The maximum atomic E-state index is 9.08. The summed E-state index contributed by atoms with van der Waals surface area (Å²) in [5.41, 5.74) is 0. The second-order valence-electron chi connectivity index (χ2n) is 6.61. The quantitative estimate of drug-likeness (QED) is 0.520. The molecule has 2 unspecified atom stereocenters. The van der Waals surface area contributed by atoms with E-state index in [4.69, 9.17) is 13.0 Å². The molecule has 0 aromatic carbocycles. The van der Waals surface area contributed by atoms with E-state index in [1.54, 1.807) is 0 Å². The monoisotopic (exact) mass is 335 g/mol. The zero-order valence-electron chi connectivity index (χ0n) is 14.9. The second kappa shape index (κ2) is 13.3. The van der Waals surface area contributed by atoms with Crippen molar-refractivity contribution < 1.29 is 17.9 Å². The van der Waals surface area contributed by atoms with Crippen molar-refractivity contribution in [3.63, 3.8) is 0 Å². The Hall–Kier alpha value is -0.130. The molecule has 1 aliphatic rings. The summed E-state index contributed by atoms with van der Waals surface area (Å²) in [5, 5.41) is 0. The Balaban J connectivity index is 0.000000763. The average Bonchev–Trinajstić information content (AvgIpc) is 2.44. The highest BCUT2D eigenvalue weighted by molar-refractivity contribution is 7.84. The number of unbranched alkanes of at least 4 members (excludes halogenated alkanes) is 5. The van der Waals surface area contributed by atoms with Gasteiger partial charge in [-0.2, -0.15) is 0 Å². The van der Waals surface area contributed by atoms with E-state index >= 15 is 0 Å². The molecule has 0 radical (unpaired) electrons. The van der Waals surface area contributed by atoms with Crippen molar-refractivity contribution in [3.05, 3.63) is 0 Å². The van der Waals surface area contributed by atoms with Crippen LogP contribution in [0, 0.1) is 0 Å². The molecule has 1 heterocycles. The average molecular weight is 336 g/mol. The van der Waals surface area contributed by atoms with Crippen molar-refractivity contribution in [2.24, 2.45) is 0 Å². The van der Waals surface area contributed by atoms with E-state index in [0.717, 1.165) is 6.04 Å². The fraction of sp³-hybridized carbons (Fsp3) is 1.00. The third-order valence-electron chi connectivity index (χ3n) is 4.39. The first kappa shape index (κ1) is 21.9. The lowest BCUT2D eigenvalue weighted by molar-refractivity contribution is -0.931. The summed E-state index contributed by atoms with van der Waals surface area (Å²) >= 11 is 0. The third kappa shape index (κ3) is 14.8. The number of rotatable bonds is 9. The molecule has 0 amide bonds. The Morgan fingerprint density at radius 3 is 2.18 bits per heavy atom. The molecular weight excluding hydrogens is 298 g/mol. The van der Waals surface area contributed by atoms with E-state index in [0.29, 0.717) is 6.26 Å². The van der Waals surface area contributed by atoms with Crippen LogP contribution in [0.2, 0.25) is 0 Å². The fourth-order valence-corrected chi connectivity index (χ4v) is 3.23. The number of hydrogen-bond donors (Lipinski definition) is 1. The molecule has 0 aromatic heterocycles. The molecule has 1 fully saturated rings. The first-order valence-electron chi connectivity index (χ1n) is 9.13. The highest BCUT2D eigenvalue weighted by atomic mass is 32.2. The van der Waals surface area contributed by atoms with Gasteiger partial charge in [-0.3, -0.25) is 0 Å². The van der Waals surface area contributed by atoms with E-state index in [2.05, 4.69) is 13.8 Å². The molecule has 0 aromatic rings. The molecule has 22 heavy (non-hydrogen) atoms. The van der Waals surface area contributed by atoms with Crippen molar-refractivity contribution in [3.8, 4) is 0 Å². The predicted octanol–water partition coefficient (Wildman–Crippen LogP) is 2.75. The smallest absolute Gasteiger partial charge is 0.0916 e. The maximum absolute atomic E-state index is 9.08. The molecule has 0 spiro atoms. The van der Waals surface area contributed by atoms with E-state index in [-0.39, 0.29) is 0 Å². The number of likely N-dealkylation sites (tertiary alicyclic amines) is 1. The van der Waals surface area contributed by atoms with Crippen LogP contribution in [0.5, 0.6) is 0 Å². The molecule has 134 valence electrons. The molecule has 4 nitrogen and oxygen atoms in total. The van der Waals surface area contributed by atoms with Gasteiger partial charge in [0.25, 0.3) is 0 Å². The zero-order valence-corrected chi connectivity index (χ0v) is 15.7. The molecule has 1 aliphatic heterocycles. The van der Waals surface area contributed by atoms with Crippen LogP contribution in [0.1, 0.15) is 84.5 Å². The summed E-state index contributed by atoms with van der Waals surface area (Å²) in [4.78, 5) is 1.95. The van der Waals surface area contributed by atoms with Crippen LogP contribution in [0.3, 0.4) is 0 Å². The predicted molar refractivity (Wildman–Crippen MR) is 92.2 cm³/mol. The van der Waals surface area contributed by atoms with Gasteiger partial charge in [0.2, 0.25) is 0 Å².